The SMILES string of the molecule is NC[C@]1(c2cc(F)ccc2F)[C@@H]2CCN(c3cnc(Sc4ccnc(C5CC5)c4Cl)c(N)n3)C[C@@H]21. The van der Waals surface area contributed by atoms with Gasteiger partial charge in [0.05, 0.1) is 16.9 Å². The van der Waals surface area contributed by atoms with Crippen LogP contribution in [0.5, 0.6) is 0 Å². The van der Waals surface area contributed by atoms with Gasteiger partial charge in [-0.2, -0.15) is 0 Å². The van der Waals surface area contributed by atoms with Gasteiger partial charge in [0.25, 0.3) is 0 Å². The Morgan fingerprint density at radius 3 is 2.71 bits per heavy atom. The molecule has 4 N–H and O–H groups in total. The number of nitrogens with zero attached hydrogens (tertiary/aromatic N) is 4. The van der Waals surface area contributed by atoms with Gasteiger partial charge in [-0.05, 0) is 60.9 Å². The summed E-state index contributed by atoms with van der Waals surface area (Å²) in [5.74, 6) is 0.930. The molecule has 10 heteroatoms. The lowest BCUT2D eigenvalue weighted by atomic mass is 9.90. The Bertz CT molecular complexity index is 1300. The maximum Gasteiger partial charge on any atom is 0.158 e. The Labute approximate surface area is 211 Å². The van der Waals surface area contributed by atoms with Crippen LogP contribution in [0.15, 0.2) is 46.6 Å². The summed E-state index contributed by atoms with van der Waals surface area (Å²) in [6, 6.07) is 5.50. The number of nitrogens with two attached hydrogens (primary N) is 2. The number of rotatable bonds is 6. The van der Waals surface area contributed by atoms with Crippen LogP contribution in [0.4, 0.5) is 20.4 Å². The largest absolute Gasteiger partial charge is 0.381 e. The van der Waals surface area contributed by atoms with Crippen molar-refractivity contribution in [2.75, 3.05) is 30.3 Å². The molecule has 182 valence electrons. The van der Waals surface area contributed by atoms with Crippen molar-refractivity contribution in [3.8, 4) is 0 Å². The smallest absolute Gasteiger partial charge is 0.158 e. The summed E-state index contributed by atoms with van der Waals surface area (Å²) < 4.78 is 28.6. The average Bonchev–Trinajstić information content (AvgIpc) is 3.78. The Balaban J connectivity index is 1.21. The fourth-order valence-electron chi connectivity index (χ4n) is 5.73. The second kappa shape index (κ2) is 8.57. The Hall–Kier alpha value is -2.49. The van der Waals surface area contributed by atoms with E-state index in [-0.39, 0.29) is 18.4 Å². The van der Waals surface area contributed by atoms with E-state index in [9.17, 15) is 8.78 Å². The summed E-state index contributed by atoms with van der Waals surface area (Å²) in [4.78, 5) is 16.6. The van der Waals surface area contributed by atoms with Crippen molar-refractivity contribution >= 4 is 35.0 Å². The molecule has 6 nitrogen and oxygen atoms in total. The van der Waals surface area contributed by atoms with E-state index in [1.54, 1.807) is 12.4 Å². The van der Waals surface area contributed by atoms with Gasteiger partial charge in [-0.15, -0.1) is 0 Å². The molecule has 3 aromatic rings. The van der Waals surface area contributed by atoms with Crippen molar-refractivity contribution in [1.29, 1.82) is 0 Å². The molecule has 2 saturated carbocycles. The first-order valence-electron chi connectivity index (χ1n) is 11.8. The zero-order valence-corrected chi connectivity index (χ0v) is 20.5. The van der Waals surface area contributed by atoms with Crippen molar-refractivity contribution in [1.82, 2.24) is 15.0 Å². The van der Waals surface area contributed by atoms with Crippen LogP contribution < -0.4 is 16.4 Å². The van der Waals surface area contributed by atoms with Gasteiger partial charge in [-0.1, -0.05) is 23.4 Å². The fraction of sp³-hybridized carbons (Fsp3) is 0.400. The molecule has 0 spiro atoms. The molecule has 3 fully saturated rings. The van der Waals surface area contributed by atoms with Crippen molar-refractivity contribution in [3.05, 3.63) is 64.6 Å². The first-order chi connectivity index (χ1) is 16.9. The third-order valence-corrected chi connectivity index (χ3v) is 9.30. The maximum absolute atomic E-state index is 14.6. The van der Waals surface area contributed by atoms with E-state index in [0.717, 1.165) is 42.5 Å². The van der Waals surface area contributed by atoms with Crippen LogP contribution >= 0.6 is 23.4 Å². The number of hydrogen-bond acceptors (Lipinski definition) is 7. The van der Waals surface area contributed by atoms with E-state index >= 15 is 0 Å². The molecule has 0 amide bonds. The standard InChI is InChI=1S/C25H25ClF2N6S/c26-21-19(5-7-31-22(21)13-1-2-13)35-24-23(30)33-20(10-32-24)34-8-6-15-17(11-34)25(15,12-29)16-9-14(27)3-4-18(16)28/h3-5,7,9-10,13,15,17H,1-2,6,8,11-12,29H2,(H2,30,33)/t15-,17+,25-/m1/s1. The summed E-state index contributed by atoms with van der Waals surface area (Å²) in [6.07, 6.45) is 6.53. The second-order valence-corrected chi connectivity index (χ2v) is 11.0. The van der Waals surface area contributed by atoms with Crippen molar-refractivity contribution in [2.24, 2.45) is 17.6 Å². The Morgan fingerprint density at radius 1 is 1.14 bits per heavy atom. The van der Waals surface area contributed by atoms with Crippen molar-refractivity contribution < 1.29 is 8.78 Å². The minimum absolute atomic E-state index is 0.117. The highest BCUT2D eigenvalue weighted by molar-refractivity contribution is 7.99. The predicted octanol–water partition coefficient (Wildman–Crippen LogP) is 4.77. The third-order valence-electron chi connectivity index (χ3n) is 7.72. The van der Waals surface area contributed by atoms with Gasteiger partial charge in [0.15, 0.2) is 5.82 Å². The first-order valence-corrected chi connectivity index (χ1v) is 13.0. The third kappa shape index (κ3) is 3.84. The maximum atomic E-state index is 14.6. The molecule has 3 heterocycles. The van der Waals surface area contributed by atoms with Gasteiger partial charge < -0.3 is 16.4 Å². The number of benzene rings is 1. The average molecular weight is 515 g/mol. The summed E-state index contributed by atoms with van der Waals surface area (Å²) in [6.45, 7) is 1.64. The Kier molecular flexibility index (Phi) is 5.62. The Morgan fingerprint density at radius 2 is 1.97 bits per heavy atom. The predicted molar refractivity (Wildman–Crippen MR) is 133 cm³/mol. The number of aromatic nitrogens is 3. The van der Waals surface area contributed by atoms with E-state index < -0.39 is 17.0 Å². The molecule has 2 aliphatic carbocycles. The van der Waals surface area contributed by atoms with Gasteiger partial charge in [-0.3, -0.25) is 4.98 Å². The van der Waals surface area contributed by atoms with E-state index in [1.807, 2.05) is 6.07 Å². The summed E-state index contributed by atoms with van der Waals surface area (Å²) in [5.41, 5.74) is 13.2. The van der Waals surface area contributed by atoms with Gasteiger partial charge in [0.1, 0.15) is 22.5 Å². The molecular formula is C25H25ClF2N6S. The fourth-order valence-corrected chi connectivity index (χ4v) is 6.90. The van der Waals surface area contributed by atoms with Crippen molar-refractivity contribution in [2.45, 2.75) is 40.5 Å². The molecule has 3 aliphatic rings. The summed E-state index contributed by atoms with van der Waals surface area (Å²) in [5, 5.41) is 1.24. The number of fused-ring (bicyclic) bond motifs is 1. The van der Waals surface area contributed by atoms with Crippen LogP contribution in [0, 0.1) is 23.5 Å². The summed E-state index contributed by atoms with van der Waals surface area (Å²) >= 11 is 7.98. The quantitative estimate of drug-likeness (QED) is 0.489. The van der Waals surface area contributed by atoms with Crippen LogP contribution in [0.1, 0.15) is 36.4 Å². The first kappa shape index (κ1) is 22.9. The van der Waals surface area contributed by atoms with Crippen LogP contribution in [0.3, 0.4) is 0 Å². The van der Waals surface area contributed by atoms with E-state index in [0.29, 0.717) is 39.7 Å². The van der Waals surface area contributed by atoms with Crippen molar-refractivity contribution in [3.63, 3.8) is 0 Å². The summed E-state index contributed by atoms with van der Waals surface area (Å²) in [7, 11) is 0. The topological polar surface area (TPSA) is 94.0 Å². The van der Waals surface area contributed by atoms with E-state index in [4.69, 9.17) is 23.1 Å². The highest BCUT2D eigenvalue weighted by Gasteiger charge is 2.66. The minimum Gasteiger partial charge on any atom is -0.381 e. The number of hydrogen-bond donors (Lipinski definition) is 2. The van der Waals surface area contributed by atoms with Gasteiger partial charge in [0.2, 0.25) is 0 Å². The molecule has 0 bridgehead atoms. The highest BCUT2D eigenvalue weighted by Crippen LogP contribution is 2.63. The molecule has 6 rings (SSSR count). The molecule has 1 saturated heterocycles. The van der Waals surface area contributed by atoms with Crippen LogP contribution in [-0.2, 0) is 5.41 Å². The molecule has 35 heavy (non-hydrogen) atoms. The highest BCUT2D eigenvalue weighted by atomic mass is 35.5. The van der Waals surface area contributed by atoms with E-state index in [2.05, 4.69) is 19.9 Å². The van der Waals surface area contributed by atoms with Gasteiger partial charge in [-0.25, -0.2) is 18.7 Å². The zero-order valence-electron chi connectivity index (χ0n) is 18.9. The number of nitrogen functional groups attached to an aromatic ring is 1. The number of pyridine rings is 1. The molecule has 0 unspecified atom stereocenters. The monoisotopic (exact) mass is 514 g/mol. The van der Waals surface area contributed by atoms with Gasteiger partial charge in [0, 0.05) is 42.1 Å². The molecule has 1 aromatic carbocycles. The van der Waals surface area contributed by atoms with Crippen LogP contribution in [0.25, 0.3) is 0 Å². The minimum atomic E-state index is -0.549. The lowest BCUT2D eigenvalue weighted by Gasteiger charge is -2.27. The molecule has 1 aliphatic heterocycles. The van der Waals surface area contributed by atoms with E-state index in [1.165, 1.54) is 23.9 Å². The lowest BCUT2D eigenvalue weighted by molar-refractivity contribution is 0.523. The van der Waals surface area contributed by atoms with Crippen LogP contribution in [0.2, 0.25) is 5.02 Å². The van der Waals surface area contributed by atoms with Crippen LogP contribution in [-0.4, -0.2) is 34.6 Å². The molecular weight excluding hydrogens is 490 g/mol. The molecule has 0 radical (unpaired) electrons. The molecule has 3 atom stereocenters. The van der Waals surface area contributed by atoms with Gasteiger partial charge >= 0.3 is 0 Å². The number of anilines is 2. The molecule has 2 aromatic heterocycles. The second-order valence-electron chi connectivity index (χ2n) is 9.62. The number of piperidine rings is 1. The lowest BCUT2D eigenvalue weighted by Crippen LogP contribution is -2.33. The normalized spacial score (nSPS) is 25.4. The zero-order chi connectivity index (χ0) is 24.3. The number of halogens is 3.